The van der Waals surface area contributed by atoms with Crippen LogP contribution in [-0.4, -0.2) is 76.9 Å². The lowest BCUT2D eigenvalue weighted by Crippen LogP contribution is -2.50. The van der Waals surface area contributed by atoms with E-state index < -0.39 is 11.9 Å². The van der Waals surface area contributed by atoms with Gasteiger partial charge in [0.2, 0.25) is 5.91 Å². The zero-order valence-corrected chi connectivity index (χ0v) is 27.1. The van der Waals surface area contributed by atoms with E-state index in [1.807, 2.05) is 41.3 Å². The van der Waals surface area contributed by atoms with Crippen LogP contribution in [0.3, 0.4) is 0 Å². The maximum Gasteiger partial charge on any atom is 0.409 e. The second-order valence-electron chi connectivity index (χ2n) is 12.6. The first kappa shape index (κ1) is 32.3. The first-order valence-electron chi connectivity index (χ1n) is 16.6. The second kappa shape index (κ2) is 14.4. The molecule has 2 aliphatic rings. The summed E-state index contributed by atoms with van der Waals surface area (Å²) in [5, 5.41) is 10.7. The molecule has 0 spiro atoms. The number of aromatic nitrogens is 1. The highest BCUT2D eigenvalue weighted by Gasteiger charge is 2.43. The van der Waals surface area contributed by atoms with Gasteiger partial charge in [0.05, 0.1) is 18.1 Å². The second-order valence-corrected chi connectivity index (χ2v) is 12.6. The van der Waals surface area contributed by atoms with E-state index in [-0.39, 0.29) is 42.7 Å². The van der Waals surface area contributed by atoms with Crippen molar-refractivity contribution in [2.24, 2.45) is 5.92 Å². The third-order valence-corrected chi connectivity index (χ3v) is 9.44. The number of aromatic carboxylic acids is 1. The van der Waals surface area contributed by atoms with Crippen molar-refractivity contribution in [1.82, 2.24) is 14.4 Å². The highest BCUT2D eigenvalue weighted by Crippen LogP contribution is 2.39. The van der Waals surface area contributed by atoms with Gasteiger partial charge in [0.25, 0.3) is 0 Å². The minimum atomic E-state index is -0.974. The number of rotatable bonds is 12. The Balaban J connectivity index is 1.32. The van der Waals surface area contributed by atoms with Crippen LogP contribution in [0.4, 0.5) is 4.79 Å². The van der Waals surface area contributed by atoms with Crippen molar-refractivity contribution >= 4 is 28.9 Å². The minimum absolute atomic E-state index is 0.0565. The number of methoxy groups -OCH3 is 1. The number of piperidine rings is 1. The monoisotopic (exact) mass is 637 g/mol. The molecule has 47 heavy (non-hydrogen) atoms. The number of carbonyl (C=O) groups excluding carboxylic acids is 2. The summed E-state index contributed by atoms with van der Waals surface area (Å²) in [6.45, 7) is 4.85. The molecule has 1 N–H and O–H groups in total. The van der Waals surface area contributed by atoms with Crippen molar-refractivity contribution in [3.8, 4) is 11.1 Å². The van der Waals surface area contributed by atoms with Crippen LogP contribution in [0, 0.1) is 5.92 Å². The Labute approximate surface area is 275 Å². The molecule has 2 atom stereocenters. The molecule has 1 aliphatic carbocycles. The van der Waals surface area contributed by atoms with Crippen molar-refractivity contribution in [1.29, 1.82) is 0 Å². The molecule has 1 aromatic heterocycles. The van der Waals surface area contributed by atoms with Crippen LogP contribution in [0.1, 0.15) is 60.0 Å². The summed E-state index contributed by atoms with van der Waals surface area (Å²) in [5.74, 6) is -1.49. The van der Waals surface area contributed by atoms with Crippen molar-refractivity contribution in [2.45, 2.75) is 57.7 Å². The fourth-order valence-corrected chi connectivity index (χ4v) is 6.95. The van der Waals surface area contributed by atoms with Gasteiger partial charge < -0.3 is 28.9 Å². The molecule has 9 nitrogen and oxygen atoms in total. The molecule has 4 aromatic rings. The molecule has 9 heteroatoms. The van der Waals surface area contributed by atoms with Crippen LogP contribution in [0.5, 0.6) is 0 Å². The first-order chi connectivity index (χ1) is 22.9. The molecule has 0 radical (unpaired) electrons. The molecular formula is C38H43N3O6. The largest absolute Gasteiger partial charge is 0.478 e. The number of aryl methyl sites for hydroxylation is 1. The molecule has 3 aromatic carbocycles. The molecule has 2 heterocycles. The van der Waals surface area contributed by atoms with Crippen LogP contribution >= 0.6 is 0 Å². The average Bonchev–Trinajstić information content (AvgIpc) is 3.89. The standard InChI is InChI=1S/C38H43N3O6/c1-3-47-38(45)40-19-17-32(28-11-6-9-26(21-28)27-10-7-12-29(22-27)37(43)44)34(25-40)36(42)41(31-15-16-31)24-30-23-39(18-8-20-46-2)35-14-5-4-13-33(30)35/h4-7,9-14,21-23,31-32,34H,3,8,15-20,24-25H2,1-2H3,(H,43,44)/t32-,34+/m1/s1. The van der Waals surface area contributed by atoms with Gasteiger partial charge in [-0.15, -0.1) is 0 Å². The van der Waals surface area contributed by atoms with Crippen molar-refractivity contribution < 1.29 is 29.0 Å². The van der Waals surface area contributed by atoms with E-state index in [0.717, 1.165) is 59.0 Å². The first-order valence-corrected chi connectivity index (χ1v) is 16.6. The van der Waals surface area contributed by atoms with Gasteiger partial charge in [-0.05, 0) is 79.0 Å². The van der Waals surface area contributed by atoms with E-state index in [4.69, 9.17) is 9.47 Å². The summed E-state index contributed by atoms with van der Waals surface area (Å²) < 4.78 is 12.9. The number of carbonyl (C=O) groups is 3. The highest BCUT2D eigenvalue weighted by molar-refractivity contribution is 5.89. The van der Waals surface area contributed by atoms with Crippen LogP contribution in [0.25, 0.3) is 22.0 Å². The maximum absolute atomic E-state index is 14.8. The predicted molar refractivity (Wildman–Crippen MR) is 180 cm³/mol. The van der Waals surface area contributed by atoms with Gasteiger partial charge in [0.1, 0.15) is 0 Å². The molecule has 2 amide bonds. The Morgan fingerprint density at radius 1 is 0.957 bits per heavy atom. The number of carboxylic acid groups (broad SMARTS) is 1. The SMILES string of the molecule is CCOC(=O)N1CC[C@H](c2cccc(-c3cccc(C(=O)O)c3)c2)[C@@H](C(=O)N(Cc2cn(CCCOC)c3ccccc23)C2CC2)C1. The van der Waals surface area contributed by atoms with E-state index in [2.05, 4.69) is 29.0 Å². The molecule has 246 valence electrons. The van der Waals surface area contributed by atoms with Gasteiger partial charge in [-0.1, -0.05) is 54.6 Å². The smallest absolute Gasteiger partial charge is 0.409 e. The number of carboxylic acids is 1. The Hall–Kier alpha value is -4.63. The van der Waals surface area contributed by atoms with E-state index in [1.165, 1.54) is 0 Å². The van der Waals surface area contributed by atoms with E-state index in [0.29, 0.717) is 26.1 Å². The number of benzene rings is 3. The normalized spacial score (nSPS) is 17.9. The lowest BCUT2D eigenvalue weighted by atomic mass is 9.79. The quantitative estimate of drug-likeness (QED) is 0.172. The van der Waals surface area contributed by atoms with Gasteiger partial charge in [0.15, 0.2) is 0 Å². The summed E-state index contributed by atoms with van der Waals surface area (Å²) in [6, 6.07) is 23.5. The highest BCUT2D eigenvalue weighted by atomic mass is 16.6. The topological polar surface area (TPSA) is 101 Å². The van der Waals surface area contributed by atoms with Crippen LogP contribution in [-0.2, 0) is 27.4 Å². The molecular weight excluding hydrogens is 594 g/mol. The Bertz CT molecular complexity index is 1740. The van der Waals surface area contributed by atoms with Gasteiger partial charge in [-0.3, -0.25) is 4.79 Å². The number of hydrogen-bond acceptors (Lipinski definition) is 5. The number of nitrogens with zero attached hydrogens (tertiary/aromatic N) is 3. The molecule has 2 fully saturated rings. The Kier molecular flexibility index (Phi) is 9.92. The molecule has 6 rings (SSSR count). The number of amides is 2. The van der Waals surface area contributed by atoms with E-state index >= 15 is 0 Å². The summed E-state index contributed by atoms with van der Waals surface area (Å²) in [6.07, 6.45) is 5.23. The van der Waals surface area contributed by atoms with Crippen molar-refractivity contribution in [3.63, 3.8) is 0 Å². The van der Waals surface area contributed by atoms with Crippen molar-refractivity contribution in [2.75, 3.05) is 33.4 Å². The van der Waals surface area contributed by atoms with Crippen molar-refractivity contribution in [3.05, 3.63) is 95.7 Å². The minimum Gasteiger partial charge on any atom is -0.478 e. The molecule has 1 saturated carbocycles. The number of likely N-dealkylation sites (tertiary alicyclic amines) is 1. The maximum atomic E-state index is 14.8. The summed E-state index contributed by atoms with van der Waals surface area (Å²) in [5.41, 5.74) is 5.20. The number of ether oxygens (including phenoxy) is 2. The van der Waals surface area contributed by atoms with Gasteiger partial charge in [-0.2, -0.15) is 0 Å². The van der Waals surface area contributed by atoms with Crippen LogP contribution < -0.4 is 0 Å². The molecule has 1 saturated heterocycles. The van der Waals surface area contributed by atoms with E-state index in [9.17, 15) is 19.5 Å². The summed E-state index contributed by atoms with van der Waals surface area (Å²) >= 11 is 0. The lowest BCUT2D eigenvalue weighted by molar-refractivity contribution is -0.139. The third-order valence-electron chi connectivity index (χ3n) is 9.44. The lowest BCUT2D eigenvalue weighted by Gasteiger charge is -2.40. The summed E-state index contributed by atoms with van der Waals surface area (Å²) in [7, 11) is 1.72. The van der Waals surface area contributed by atoms with Crippen LogP contribution in [0.2, 0.25) is 0 Å². The zero-order chi connectivity index (χ0) is 32.9. The number of para-hydroxylation sites is 1. The zero-order valence-electron chi connectivity index (χ0n) is 27.1. The molecule has 1 aliphatic heterocycles. The number of fused-ring (bicyclic) bond motifs is 1. The number of hydrogen-bond donors (Lipinski definition) is 1. The van der Waals surface area contributed by atoms with Gasteiger partial charge >= 0.3 is 12.1 Å². The predicted octanol–water partition coefficient (Wildman–Crippen LogP) is 6.80. The fraction of sp³-hybridized carbons (Fsp3) is 0.395. The van der Waals surface area contributed by atoms with Gasteiger partial charge in [0, 0.05) is 63.0 Å². The fourth-order valence-electron chi connectivity index (χ4n) is 6.95. The molecule has 0 bridgehead atoms. The Morgan fingerprint density at radius 2 is 1.72 bits per heavy atom. The summed E-state index contributed by atoms with van der Waals surface area (Å²) in [4.78, 5) is 43.1. The molecule has 0 unspecified atom stereocenters. The van der Waals surface area contributed by atoms with Crippen LogP contribution in [0.15, 0.2) is 79.0 Å². The van der Waals surface area contributed by atoms with Gasteiger partial charge in [-0.25, -0.2) is 9.59 Å². The average molecular weight is 638 g/mol. The van der Waals surface area contributed by atoms with E-state index in [1.54, 1.807) is 37.1 Å². The Morgan fingerprint density at radius 3 is 2.47 bits per heavy atom. The third kappa shape index (κ3) is 7.20.